The molecule has 0 nitrogen and oxygen atoms in total. The molecule has 82 valence electrons. The van der Waals surface area contributed by atoms with Crippen molar-refractivity contribution in [1.29, 1.82) is 0 Å². The van der Waals surface area contributed by atoms with Gasteiger partial charge < -0.3 is 0 Å². The maximum Gasteiger partial charge on any atom is 0.0412 e. The van der Waals surface area contributed by atoms with Crippen LogP contribution in [0.15, 0.2) is 48.5 Å². The van der Waals surface area contributed by atoms with Gasteiger partial charge in [0, 0.05) is 5.02 Å². The Labute approximate surface area is 102 Å². The number of halogens is 1. The molecule has 2 aromatic rings. The van der Waals surface area contributed by atoms with E-state index in [9.17, 15) is 0 Å². The highest BCUT2D eigenvalue weighted by atomic mass is 35.5. The third-order valence-corrected chi connectivity index (χ3v) is 2.95. The van der Waals surface area contributed by atoms with Crippen LogP contribution in [0.1, 0.15) is 25.3 Å². The summed E-state index contributed by atoms with van der Waals surface area (Å²) in [6.07, 6.45) is 0. The summed E-state index contributed by atoms with van der Waals surface area (Å²) in [5, 5.41) is 0.785. The summed E-state index contributed by atoms with van der Waals surface area (Å²) in [6.45, 7) is 4.41. The van der Waals surface area contributed by atoms with E-state index in [1.165, 1.54) is 16.7 Å². The lowest BCUT2D eigenvalue weighted by atomic mass is 9.97. The second-order valence-electron chi connectivity index (χ2n) is 4.29. The van der Waals surface area contributed by atoms with Gasteiger partial charge >= 0.3 is 0 Å². The lowest BCUT2D eigenvalue weighted by molar-refractivity contribution is 0.867. The smallest absolute Gasteiger partial charge is 0.0412 e. The molecule has 0 aromatic heterocycles. The Balaban J connectivity index is 2.44. The molecule has 0 aliphatic heterocycles. The first kappa shape index (κ1) is 11.2. The zero-order valence-electron chi connectivity index (χ0n) is 9.57. The third kappa shape index (κ3) is 2.45. The highest BCUT2D eigenvalue weighted by Crippen LogP contribution is 2.25. The SMILES string of the molecule is CC(C)c1cccc(-c2cccc(Cl)c2)c1. The summed E-state index contributed by atoms with van der Waals surface area (Å²) in [5.74, 6) is 0.555. The molecule has 0 atom stereocenters. The van der Waals surface area contributed by atoms with Gasteiger partial charge in [0.2, 0.25) is 0 Å². The van der Waals surface area contributed by atoms with Gasteiger partial charge in [-0.2, -0.15) is 0 Å². The van der Waals surface area contributed by atoms with E-state index in [0.29, 0.717) is 5.92 Å². The van der Waals surface area contributed by atoms with Crippen LogP contribution in [-0.4, -0.2) is 0 Å². The Bertz CT molecular complexity index is 486. The predicted molar refractivity (Wildman–Crippen MR) is 71.0 cm³/mol. The molecule has 0 bridgehead atoms. The Hall–Kier alpha value is -1.27. The number of hydrogen-bond donors (Lipinski definition) is 0. The number of rotatable bonds is 2. The minimum Gasteiger partial charge on any atom is -0.0843 e. The van der Waals surface area contributed by atoms with Crippen LogP contribution in [0.25, 0.3) is 11.1 Å². The van der Waals surface area contributed by atoms with Gasteiger partial charge in [-0.05, 0) is 34.7 Å². The second-order valence-corrected chi connectivity index (χ2v) is 4.73. The van der Waals surface area contributed by atoms with Crippen LogP contribution in [0.5, 0.6) is 0 Å². The van der Waals surface area contributed by atoms with Crippen LogP contribution in [-0.2, 0) is 0 Å². The normalized spacial score (nSPS) is 10.8. The third-order valence-electron chi connectivity index (χ3n) is 2.71. The van der Waals surface area contributed by atoms with Crippen molar-refractivity contribution >= 4 is 11.6 Å². The fourth-order valence-corrected chi connectivity index (χ4v) is 1.94. The molecule has 0 heterocycles. The minimum absolute atomic E-state index is 0.555. The Morgan fingerprint density at radius 3 is 2.12 bits per heavy atom. The van der Waals surface area contributed by atoms with Crippen molar-refractivity contribution < 1.29 is 0 Å². The molecule has 0 aliphatic carbocycles. The number of benzene rings is 2. The lowest BCUT2D eigenvalue weighted by Crippen LogP contribution is -1.87. The molecule has 0 saturated heterocycles. The van der Waals surface area contributed by atoms with Crippen molar-refractivity contribution in [3.8, 4) is 11.1 Å². The topological polar surface area (TPSA) is 0 Å². The highest BCUT2D eigenvalue weighted by molar-refractivity contribution is 6.30. The van der Waals surface area contributed by atoms with E-state index in [0.717, 1.165) is 5.02 Å². The number of hydrogen-bond acceptors (Lipinski definition) is 0. The summed E-state index contributed by atoms with van der Waals surface area (Å²) in [6, 6.07) is 16.6. The van der Waals surface area contributed by atoms with Gasteiger partial charge in [0.25, 0.3) is 0 Å². The van der Waals surface area contributed by atoms with Gasteiger partial charge in [0.05, 0.1) is 0 Å². The quantitative estimate of drug-likeness (QED) is 0.671. The lowest BCUT2D eigenvalue weighted by Gasteiger charge is -2.08. The largest absolute Gasteiger partial charge is 0.0843 e. The van der Waals surface area contributed by atoms with Crippen LogP contribution in [0, 0.1) is 0 Å². The molecule has 0 aliphatic rings. The summed E-state index contributed by atoms with van der Waals surface area (Å²) >= 11 is 6.00. The molecular weight excluding hydrogens is 216 g/mol. The highest BCUT2D eigenvalue weighted by Gasteiger charge is 2.02. The molecular formula is C15H15Cl. The van der Waals surface area contributed by atoms with Gasteiger partial charge in [0.15, 0.2) is 0 Å². The average molecular weight is 231 g/mol. The first-order chi connectivity index (χ1) is 7.66. The van der Waals surface area contributed by atoms with E-state index in [1.807, 2.05) is 18.2 Å². The molecule has 0 fully saturated rings. The minimum atomic E-state index is 0.555. The molecule has 0 N–H and O–H groups in total. The van der Waals surface area contributed by atoms with Crippen molar-refractivity contribution in [3.63, 3.8) is 0 Å². The summed E-state index contributed by atoms with van der Waals surface area (Å²) < 4.78 is 0. The molecule has 2 aromatic carbocycles. The molecule has 16 heavy (non-hydrogen) atoms. The summed E-state index contributed by atoms with van der Waals surface area (Å²) in [5.41, 5.74) is 3.76. The zero-order chi connectivity index (χ0) is 11.5. The van der Waals surface area contributed by atoms with Gasteiger partial charge in [-0.3, -0.25) is 0 Å². The Kier molecular flexibility index (Phi) is 3.31. The van der Waals surface area contributed by atoms with Crippen molar-refractivity contribution in [2.75, 3.05) is 0 Å². The fraction of sp³-hybridized carbons (Fsp3) is 0.200. The van der Waals surface area contributed by atoms with Gasteiger partial charge in [-0.25, -0.2) is 0 Å². The van der Waals surface area contributed by atoms with Crippen LogP contribution < -0.4 is 0 Å². The van der Waals surface area contributed by atoms with Crippen molar-refractivity contribution in [1.82, 2.24) is 0 Å². The Morgan fingerprint density at radius 1 is 0.875 bits per heavy atom. The van der Waals surface area contributed by atoms with Crippen molar-refractivity contribution in [2.45, 2.75) is 19.8 Å². The molecule has 2 rings (SSSR count). The van der Waals surface area contributed by atoms with Gasteiger partial charge in [0.1, 0.15) is 0 Å². The maximum absolute atomic E-state index is 6.00. The monoisotopic (exact) mass is 230 g/mol. The van der Waals surface area contributed by atoms with Crippen molar-refractivity contribution in [3.05, 3.63) is 59.1 Å². The van der Waals surface area contributed by atoms with E-state index in [1.54, 1.807) is 0 Å². The van der Waals surface area contributed by atoms with E-state index < -0.39 is 0 Å². The van der Waals surface area contributed by atoms with Gasteiger partial charge in [-0.1, -0.05) is 61.8 Å². The van der Waals surface area contributed by atoms with E-state index in [-0.39, 0.29) is 0 Å². The predicted octanol–water partition coefficient (Wildman–Crippen LogP) is 5.13. The molecule has 0 spiro atoms. The summed E-state index contributed by atoms with van der Waals surface area (Å²) in [4.78, 5) is 0. The van der Waals surface area contributed by atoms with E-state index in [4.69, 9.17) is 11.6 Å². The zero-order valence-corrected chi connectivity index (χ0v) is 10.3. The van der Waals surface area contributed by atoms with Crippen LogP contribution >= 0.6 is 11.6 Å². The average Bonchev–Trinajstić information content (AvgIpc) is 2.29. The van der Waals surface area contributed by atoms with E-state index >= 15 is 0 Å². The van der Waals surface area contributed by atoms with E-state index in [2.05, 4.69) is 44.2 Å². The maximum atomic E-state index is 6.00. The molecule has 0 radical (unpaired) electrons. The standard InChI is InChI=1S/C15H15Cl/c1-11(2)12-5-3-6-13(9-12)14-7-4-8-15(16)10-14/h3-11H,1-2H3. The molecule has 0 saturated carbocycles. The molecule has 1 heteroatoms. The van der Waals surface area contributed by atoms with Crippen LogP contribution in [0.2, 0.25) is 5.02 Å². The fourth-order valence-electron chi connectivity index (χ4n) is 1.75. The van der Waals surface area contributed by atoms with Gasteiger partial charge in [-0.15, -0.1) is 0 Å². The van der Waals surface area contributed by atoms with Crippen LogP contribution in [0.3, 0.4) is 0 Å². The Morgan fingerprint density at radius 2 is 1.50 bits per heavy atom. The second kappa shape index (κ2) is 4.71. The first-order valence-electron chi connectivity index (χ1n) is 5.53. The first-order valence-corrected chi connectivity index (χ1v) is 5.90. The molecule has 0 unspecified atom stereocenters. The van der Waals surface area contributed by atoms with Crippen molar-refractivity contribution in [2.24, 2.45) is 0 Å². The summed E-state index contributed by atoms with van der Waals surface area (Å²) in [7, 11) is 0. The van der Waals surface area contributed by atoms with Crippen LogP contribution in [0.4, 0.5) is 0 Å². The molecule has 0 amide bonds.